The van der Waals surface area contributed by atoms with Crippen molar-refractivity contribution in [3.63, 3.8) is 0 Å². The number of ether oxygens (including phenoxy) is 2. The first-order chi connectivity index (χ1) is 14.5. The third-order valence-electron chi connectivity index (χ3n) is 4.40. The standard InChI is InChI=1S/C18H19ClF3N5O4/c1-9(11-5-12(19)15(24-6-11)31-8-18(20,21)22)25-16-23-4-3-14(26-16)27-13(10(2)28)7-30-17(27)29/h3-6,9-10,13,28H,7-8H2,1-2H3,(H,23,25,26)/t9-,10+,13?/m0/s1. The first-order valence-corrected chi connectivity index (χ1v) is 9.51. The molecule has 0 aliphatic carbocycles. The third-order valence-corrected chi connectivity index (χ3v) is 4.67. The first kappa shape index (κ1) is 22.8. The maximum absolute atomic E-state index is 12.3. The average molecular weight is 462 g/mol. The third kappa shape index (κ3) is 5.64. The number of alkyl halides is 3. The van der Waals surface area contributed by atoms with Gasteiger partial charge in [0.1, 0.15) is 23.5 Å². The Bertz CT molecular complexity index is 947. The highest BCUT2D eigenvalue weighted by atomic mass is 35.5. The van der Waals surface area contributed by atoms with Crippen molar-refractivity contribution in [2.45, 2.75) is 38.2 Å². The zero-order valence-electron chi connectivity index (χ0n) is 16.4. The van der Waals surface area contributed by atoms with Gasteiger partial charge in [-0.15, -0.1) is 0 Å². The fraction of sp³-hybridized carbons (Fsp3) is 0.444. The summed E-state index contributed by atoms with van der Waals surface area (Å²) in [6.07, 6.45) is -3.21. The number of hydrogen-bond acceptors (Lipinski definition) is 8. The largest absolute Gasteiger partial charge is 0.467 e. The number of nitrogens with one attached hydrogen (secondary N) is 1. The fourth-order valence-electron chi connectivity index (χ4n) is 2.82. The van der Waals surface area contributed by atoms with Crippen molar-refractivity contribution in [1.82, 2.24) is 15.0 Å². The van der Waals surface area contributed by atoms with Gasteiger partial charge in [0.25, 0.3) is 0 Å². The summed E-state index contributed by atoms with van der Waals surface area (Å²) in [6.45, 7) is 1.82. The topological polar surface area (TPSA) is 110 Å². The van der Waals surface area contributed by atoms with Gasteiger partial charge in [-0.05, 0) is 31.5 Å². The minimum atomic E-state index is -4.50. The number of hydrogen-bond donors (Lipinski definition) is 2. The number of anilines is 2. The van der Waals surface area contributed by atoms with E-state index in [-0.39, 0.29) is 29.3 Å². The molecule has 13 heteroatoms. The number of pyridine rings is 1. The number of carbonyl (C=O) groups excluding carboxylic acids is 1. The van der Waals surface area contributed by atoms with Crippen molar-refractivity contribution < 1.29 is 32.5 Å². The number of amides is 1. The van der Waals surface area contributed by atoms with E-state index in [2.05, 4.69) is 25.0 Å². The number of aliphatic hydroxyl groups excluding tert-OH is 1. The van der Waals surface area contributed by atoms with E-state index < -0.39 is 37.1 Å². The molecular formula is C18H19ClF3N5O4. The molecule has 1 amide bonds. The smallest absolute Gasteiger partial charge is 0.422 e. The number of aliphatic hydroxyl groups is 1. The first-order valence-electron chi connectivity index (χ1n) is 9.14. The molecule has 1 aliphatic rings. The number of rotatable bonds is 7. The van der Waals surface area contributed by atoms with Crippen LogP contribution in [0.5, 0.6) is 5.88 Å². The number of cyclic esters (lactones) is 1. The summed E-state index contributed by atoms with van der Waals surface area (Å²) in [5, 5.41) is 12.8. The second-order valence-corrected chi connectivity index (χ2v) is 7.23. The highest BCUT2D eigenvalue weighted by Gasteiger charge is 2.38. The Kier molecular flexibility index (Phi) is 6.70. The van der Waals surface area contributed by atoms with E-state index in [0.717, 1.165) is 0 Å². The number of aromatic nitrogens is 3. The molecule has 3 atom stereocenters. The second kappa shape index (κ2) is 9.10. The lowest BCUT2D eigenvalue weighted by molar-refractivity contribution is -0.154. The number of halogens is 4. The van der Waals surface area contributed by atoms with E-state index in [1.54, 1.807) is 13.8 Å². The zero-order valence-corrected chi connectivity index (χ0v) is 17.2. The van der Waals surface area contributed by atoms with E-state index in [9.17, 15) is 23.1 Å². The minimum Gasteiger partial charge on any atom is -0.467 e. The van der Waals surface area contributed by atoms with Gasteiger partial charge in [-0.3, -0.25) is 4.90 Å². The van der Waals surface area contributed by atoms with Gasteiger partial charge in [0, 0.05) is 12.4 Å². The van der Waals surface area contributed by atoms with Crippen LogP contribution in [-0.2, 0) is 4.74 Å². The predicted octanol–water partition coefficient (Wildman–Crippen LogP) is 3.35. The van der Waals surface area contributed by atoms with Gasteiger partial charge in [-0.25, -0.2) is 14.8 Å². The molecule has 1 aliphatic heterocycles. The maximum atomic E-state index is 12.3. The minimum absolute atomic E-state index is 0.0343. The average Bonchev–Trinajstić information content (AvgIpc) is 3.08. The Morgan fingerprint density at radius 3 is 2.81 bits per heavy atom. The quantitative estimate of drug-likeness (QED) is 0.646. The summed E-state index contributed by atoms with van der Waals surface area (Å²) in [5.41, 5.74) is 0.542. The zero-order chi connectivity index (χ0) is 22.8. The Hall–Kier alpha value is -2.86. The van der Waals surface area contributed by atoms with E-state index in [0.29, 0.717) is 5.56 Å². The van der Waals surface area contributed by atoms with E-state index in [1.165, 1.54) is 29.4 Å². The van der Waals surface area contributed by atoms with Gasteiger partial charge in [0.15, 0.2) is 6.61 Å². The Balaban J connectivity index is 1.72. The molecule has 3 heterocycles. The van der Waals surface area contributed by atoms with Crippen LogP contribution in [0.3, 0.4) is 0 Å². The summed E-state index contributed by atoms with van der Waals surface area (Å²) in [7, 11) is 0. The van der Waals surface area contributed by atoms with Crippen LogP contribution in [-0.4, -0.2) is 57.7 Å². The molecule has 1 unspecified atom stereocenters. The molecular weight excluding hydrogens is 443 g/mol. The molecule has 2 N–H and O–H groups in total. The van der Waals surface area contributed by atoms with Crippen molar-refractivity contribution in [2.75, 3.05) is 23.4 Å². The van der Waals surface area contributed by atoms with Crippen molar-refractivity contribution in [1.29, 1.82) is 0 Å². The summed E-state index contributed by atoms with van der Waals surface area (Å²) in [6, 6.07) is 1.90. The fourth-order valence-corrected chi connectivity index (χ4v) is 3.05. The molecule has 1 fully saturated rings. The Morgan fingerprint density at radius 1 is 1.42 bits per heavy atom. The van der Waals surface area contributed by atoms with E-state index >= 15 is 0 Å². The molecule has 2 aromatic heterocycles. The van der Waals surface area contributed by atoms with Crippen LogP contribution in [0.15, 0.2) is 24.5 Å². The van der Waals surface area contributed by atoms with Crippen LogP contribution in [0.4, 0.5) is 29.7 Å². The monoisotopic (exact) mass is 461 g/mol. The second-order valence-electron chi connectivity index (χ2n) is 6.82. The van der Waals surface area contributed by atoms with Crippen molar-refractivity contribution in [3.8, 4) is 5.88 Å². The van der Waals surface area contributed by atoms with E-state index in [1.807, 2.05) is 0 Å². The van der Waals surface area contributed by atoms with Crippen LogP contribution in [0, 0.1) is 0 Å². The highest BCUT2D eigenvalue weighted by Crippen LogP contribution is 2.29. The van der Waals surface area contributed by atoms with Crippen molar-refractivity contribution in [3.05, 3.63) is 35.1 Å². The maximum Gasteiger partial charge on any atom is 0.422 e. The van der Waals surface area contributed by atoms with Gasteiger partial charge in [0.05, 0.1) is 12.1 Å². The van der Waals surface area contributed by atoms with E-state index in [4.69, 9.17) is 16.3 Å². The summed E-state index contributed by atoms with van der Waals surface area (Å²) < 4.78 is 46.5. The molecule has 0 bridgehead atoms. The van der Waals surface area contributed by atoms with Crippen LogP contribution >= 0.6 is 11.6 Å². The molecule has 0 radical (unpaired) electrons. The SMILES string of the molecule is C[C@H](Nc1nccc(N2C(=O)OCC2[C@@H](C)O)n1)c1cnc(OCC(F)(F)F)c(Cl)c1. The molecule has 0 spiro atoms. The Labute approximate surface area is 180 Å². The molecule has 0 aromatic carbocycles. The lowest BCUT2D eigenvalue weighted by Gasteiger charge is -2.23. The molecule has 0 saturated carbocycles. The van der Waals surface area contributed by atoms with Gasteiger partial charge in [0.2, 0.25) is 11.8 Å². The molecule has 3 rings (SSSR count). The van der Waals surface area contributed by atoms with Crippen LogP contribution in [0.2, 0.25) is 5.02 Å². The normalized spacial score (nSPS) is 18.5. The van der Waals surface area contributed by atoms with Crippen LogP contribution in [0.25, 0.3) is 0 Å². The lowest BCUT2D eigenvalue weighted by atomic mass is 10.1. The summed E-state index contributed by atoms with van der Waals surface area (Å²) >= 11 is 5.98. The van der Waals surface area contributed by atoms with Gasteiger partial charge < -0.3 is 19.9 Å². The summed E-state index contributed by atoms with van der Waals surface area (Å²) in [5.74, 6) is 0.0811. The number of carbonyl (C=O) groups is 1. The highest BCUT2D eigenvalue weighted by molar-refractivity contribution is 6.31. The van der Waals surface area contributed by atoms with Gasteiger partial charge in [-0.1, -0.05) is 11.6 Å². The van der Waals surface area contributed by atoms with Gasteiger partial charge in [-0.2, -0.15) is 18.2 Å². The molecule has 1 saturated heterocycles. The number of nitrogens with zero attached hydrogens (tertiary/aromatic N) is 4. The van der Waals surface area contributed by atoms with Gasteiger partial charge >= 0.3 is 12.3 Å². The van der Waals surface area contributed by atoms with Crippen LogP contribution < -0.4 is 15.0 Å². The summed E-state index contributed by atoms with van der Waals surface area (Å²) in [4.78, 5) is 25.5. The molecule has 31 heavy (non-hydrogen) atoms. The van der Waals surface area contributed by atoms with Crippen molar-refractivity contribution >= 4 is 29.5 Å². The molecule has 2 aromatic rings. The predicted molar refractivity (Wildman–Crippen MR) is 104 cm³/mol. The molecule has 9 nitrogen and oxygen atoms in total. The lowest BCUT2D eigenvalue weighted by Crippen LogP contribution is -2.41. The Morgan fingerprint density at radius 2 is 2.16 bits per heavy atom. The van der Waals surface area contributed by atoms with Crippen LogP contribution in [0.1, 0.15) is 25.5 Å². The van der Waals surface area contributed by atoms with Crippen molar-refractivity contribution in [2.24, 2.45) is 0 Å². The molecule has 168 valence electrons.